The monoisotopic (exact) mass is 210 g/mol. The second-order valence-electron chi connectivity index (χ2n) is 5.21. The predicted octanol–water partition coefficient (Wildman–Crippen LogP) is 2.82. The first-order valence-electron chi connectivity index (χ1n) is 6.21. The molecule has 0 aromatic heterocycles. The third-order valence-corrected chi connectivity index (χ3v) is 3.74. The molecule has 1 aliphatic heterocycles. The Morgan fingerprint density at radius 1 is 1.27 bits per heavy atom. The molecule has 1 rings (SSSR count). The number of hydrogen-bond donors (Lipinski definition) is 1. The topological polar surface area (TPSA) is 15.3 Å². The molecule has 2 atom stereocenters. The van der Waals surface area contributed by atoms with E-state index >= 15 is 0 Å². The molecular weight excluding hydrogens is 184 g/mol. The van der Waals surface area contributed by atoms with E-state index < -0.39 is 0 Å². The van der Waals surface area contributed by atoms with Crippen molar-refractivity contribution in [2.45, 2.75) is 46.6 Å². The molecule has 0 bridgehead atoms. The van der Waals surface area contributed by atoms with E-state index in [1.165, 1.54) is 12.8 Å². The molecule has 1 heterocycles. The van der Waals surface area contributed by atoms with Gasteiger partial charge < -0.3 is 10.2 Å². The number of rotatable bonds is 5. The molecule has 15 heavy (non-hydrogen) atoms. The van der Waals surface area contributed by atoms with Crippen LogP contribution in [0.4, 0.5) is 0 Å². The SMILES string of the molecule is C=C1NCCN1C(C)CCC(C)C(C)C. The summed E-state index contributed by atoms with van der Waals surface area (Å²) in [5.41, 5.74) is 0. The lowest BCUT2D eigenvalue weighted by atomic mass is 9.91. The Bertz CT molecular complexity index is 211. The zero-order valence-electron chi connectivity index (χ0n) is 10.7. The van der Waals surface area contributed by atoms with Gasteiger partial charge >= 0.3 is 0 Å². The molecule has 2 nitrogen and oxygen atoms in total. The highest BCUT2D eigenvalue weighted by molar-refractivity contribution is 4.99. The van der Waals surface area contributed by atoms with Crippen LogP contribution in [0.1, 0.15) is 40.5 Å². The fourth-order valence-corrected chi connectivity index (χ4v) is 2.04. The van der Waals surface area contributed by atoms with E-state index in [4.69, 9.17) is 0 Å². The number of nitrogens with one attached hydrogen (secondary N) is 1. The van der Waals surface area contributed by atoms with E-state index in [1.54, 1.807) is 0 Å². The number of nitrogens with zero attached hydrogens (tertiary/aromatic N) is 1. The van der Waals surface area contributed by atoms with Crippen molar-refractivity contribution in [2.75, 3.05) is 13.1 Å². The smallest absolute Gasteiger partial charge is 0.0942 e. The second-order valence-corrected chi connectivity index (χ2v) is 5.21. The van der Waals surface area contributed by atoms with Gasteiger partial charge in [0.1, 0.15) is 0 Å². The lowest BCUT2D eigenvalue weighted by molar-refractivity contribution is 0.261. The van der Waals surface area contributed by atoms with E-state index in [9.17, 15) is 0 Å². The molecule has 2 heteroatoms. The molecule has 1 saturated heterocycles. The van der Waals surface area contributed by atoms with Crippen molar-refractivity contribution in [1.82, 2.24) is 10.2 Å². The summed E-state index contributed by atoms with van der Waals surface area (Å²) < 4.78 is 0. The fraction of sp³-hybridized carbons (Fsp3) is 0.846. The Kier molecular flexibility index (Phi) is 4.49. The van der Waals surface area contributed by atoms with Crippen LogP contribution in [0.25, 0.3) is 0 Å². The first-order valence-corrected chi connectivity index (χ1v) is 6.21. The van der Waals surface area contributed by atoms with Gasteiger partial charge in [0.15, 0.2) is 0 Å². The molecule has 2 unspecified atom stereocenters. The average molecular weight is 210 g/mol. The molecule has 88 valence electrons. The van der Waals surface area contributed by atoms with Gasteiger partial charge in [-0.15, -0.1) is 0 Å². The van der Waals surface area contributed by atoms with Gasteiger partial charge in [-0.25, -0.2) is 0 Å². The molecule has 0 amide bonds. The maximum Gasteiger partial charge on any atom is 0.0942 e. The van der Waals surface area contributed by atoms with Gasteiger partial charge in [-0.3, -0.25) is 0 Å². The quantitative estimate of drug-likeness (QED) is 0.750. The normalized spacial score (nSPS) is 20.6. The van der Waals surface area contributed by atoms with Gasteiger partial charge in [0, 0.05) is 19.1 Å². The zero-order chi connectivity index (χ0) is 11.4. The van der Waals surface area contributed by atoms with Crippen LogP contribution in [0.3, 0.4) is 0 Å². The molecule has 0 spiro atoms. The highest BCUT2D eigenvalue weighted by atomic mass is 15.3. The predicted molar refractivity (Wildman–Crippen MR) is 66.5 cm³/mol. The summed E-state index contributed by atoms with van der Waals surface area (Å²) in [5, 5.41) is 3.29. The largest absolute Gasteiger partial charge is 0.370 e. The minimum absolute atomic E-state index is 0.633. The van der Waals surface area contributed by atoms with Crippen molar-refractivity contribution >= 4 is 0 Å². The number of hydrogen-bond acceptors (Lipinski definition) is 2. The average Bonchev–Trinajstić information content (AvgIpc) is 2.60. The Morgan fingerprint density at radius 3 is 2.40 bits per heavy atom. The maximum absolute atomic E-state index is 4.03. The van der Waals surface area contributed by atoms with Crippen LogP contribution in [0.2, 0.25) is 0 Å². The molecule has 1 fully saturated rings. The van der Waals surface area contributed by atoms with Crippen molar-refractivity contribution in [3.05, 3.63) is 12.4 Å². The van der Waals surface area contributed by atoms with Crippen LogP contribution < -0.4 is 5.32 Å². The van der Waals surface area contributed by atoms with Crippen LogP contribution in [0, 0.1) is 11.8 Å². The molecule has 1 aliphatic rings. The van der Waals surface area contributed by atoms with Gasteiger partial charge in [0.05, 0.1) is 5.82 Å². The summed E-state index contributed by atoms with van der Waals surface area (Å²) in [5.74, 6) is 2.74. The van der Waals surface area contributed by atoms with Crippen LogP contribution >= 0.6 is 0 Å². The Labute approximate surface area is 94.7 Å². The molecule has 0 aliphatic carbocycles. The van der Waals surface area contributed by atoms with Crippen molar-refractivity contribution in [3.63, 3.8) is 0 Å². The third-order valence-electron chi connectivity index (χ3n) is 3.74. The first kappa shape index (κ1) is 12.4. The van der Waals surface area contributed by atoms with Gasteiger partial charge in [-0.2, -0.15) is 0 Å². The maximum atomic E-state index is 4.03. The van der Waals surface area contributed by atoms with E-state index in [2.05, 4.69) is 44.5 Å². The molecular formula is C13H26N2. The summed E-state index contributed by atoms with van der Waals surface area (Å²) in [6.45, 7) is 15.5. The minimum Gasteiger partial charge on any atom is -0.370 e. The van der Waals surface area contributed by atoms with Gasteiger partial charge in [0.25, 0.3) is 0 Å². The minimum atomic E-state index is 0.633. The highest BCUT2D eigenvalue weighted by Crippen LogP contribution is 2.20. The van der Waals surface area contributed by atoms with Crippen LogP contribution in [-0.4, -0.2) is 24.0 Å². The van der Waals surface area contributed by atoms with Gasteiger partial charge in [-0.1, -0.05) is 27.4 Å². The molecule has 0 radical (unpaired) electrons. The lowest BCUT2D eigenvalue weighted by Crippen LogP contribution is -2.30. The van der Waals surface area contributed by atoms with Crippen LogP contribution in [-0.2, 0) is 0 Å². The summed E-state index contributed by atoms with van der Waals surface area (Å²) in [7, 11) is 0. The Balaban J connectivity index is 2.29. The molecule has 0 aromatic rings. The lowest BCUT2D eigenvalue weighted by Gasteiger charge is -2.27. The van der Waals surface area contributed by atoms with Crippen molar-refractivity contribution < 1.29 is 0 Å². The second kappa shape index (κ2) is 5.43. The van der Waals surface area contributed by atoms with Crippen LogP contribution in [0.15, 0.2) is 12.4 Å². The summed E-state index contributed by atoms with van der Waals surface area (Å²) >= 11 is 0. The summed E-state index contributed by atoms with van der Waals surface area (Å²) in [4.78, 5) is 2.40. The van der Waals surface area contributed by atoms with E-state index in [0.717, 1.165) is 30.7 Å². The molecule has 0 saturated carbocycles. The molecule has 0 aromatic carbocycles. The van der Waals surface area contributed by atoms with Crippen molar-refractivity contribution in [3.8, 4) is 0 Å². The van der Waals surface area contributed by atoms with Gasteiger partial charge in [-0.05, 0) is 31.6 Å². The fourth-order valence-electron chi connectivity index (χ4n) is 2.04. The standard InChI is InChI=1S/C13H26N2/c1-10(2)11(3)6-7-12(4)15-9-8-14-13(15)5/h10-12,14H,5-9H2,1-4H3. The van der Waals surface area contributed by atoms with Crippen LogP contribution in [0.5, 0.6) is 0 Å². The summed E-state index contributed by atoms with van der Waals surface area (Å²) in [6.07, 6.45) is 2.60. The Morgan fingerprint density at radius 2 is 1.93 bits per heavy atom. The van der Waals surface area contributed by atoms with Crippen molar-refractivity contribution in [1.29, 1.82) is 0 Å². The summed E-state index contributed by atoms with van der Waals surface area (Å²) in [6, 6.07) is 0.633. The van der Waals surface area contributed by atoms with E-state index in [-0.39, 0.29) is 0 Å². The van der Waals surface area contributed by atoms with E-state index in [1.807, 2.05) is 0 Å². The highest BCUT2D eigenvalue weighted by Gasteiger charge is 2.20. The van der Waals surface area contributed by atoms with Crippen molar-refractivity contribution in [2.24, 2.45) is 11.8 Å². The Hall–Kier alpha value is -0.660. The zero-order valence-corrected chi connectivity index (χ0v) is 10.7. The van der Waals surface area contributed by atoms with E-state index in [0.29, 0.717) is 6.04 Å². The van der Waals surface area contributed by atoms with Gasteiger partial charge in [0.2, 0.25) is 0 Å². The first-order chi connectivity index (χ1) is 7.02. The third kappa shape index (κ3) is 3.44. The molecule has 1 N–H and O–H groups in total.